The van der Waals surface area contributed by atoms with Crippen LogP contribution in [0.15, 0.2) is 0 Å². The molecule has 0 spiro atoms. The van der Waals surface area contributed by atoms with Crippen molar-refractivity contribution in [3.8, 4) is 0 Å². The van der Waals surface area contributed by atoms with Crippen LogP contribution in [0.1, 0.15) is 48.0 Å². The molecule has 0 saturated carbocycles. The third-order valence-corrected chi connectivity index (χ3v) is 1.94. The molecule has 0 aliphatic carbocycles. The van der Waals surface area contributed by atoms with Crippen LogP contribution in [-0.2, 0) is 9.53 Å². The van der Waals surface area contributed by atoms with E-state index in [1.54, 1.807) is 0 Å². The molecule has 0 aliphatic heterocycles. The SMILES string of the molecule is CC(C)(C)OC(CF)CC(=O)C(C)(C)C. The summed E-state index contributed by atoms with van der Waals surface area (Å²) >= 11 is 0. The van der Waals surface area contributed by atoms with E-state index in [1.165, 1.54) is 0 Å². The predicted molar refractivity (Wildman–Crippen MR) is 59.7 cm³/mol. The quantitative estimate of drug-likeness (QED) is 0.724. The lowest BCUT2D eigenvalue weighted by molar-refractivity contribution is -0.133. The molecule has 0 radical (unpaired) electrons. The van der Waals surface area contributed by atoms with Gasteiger partial charge in [0.1, 0.15) is 12.5 Å². The van der Waals surface area contributed by atoms with E-state index < -0.39 is 23.8 Å². The molecular formula is C12H23FO2. The van der Waals surface area contributed by atoms with Crippen molar-refractivity contribution in [2.45, 2.75) is 59.7 Å². The van der Waals surface area contributed by atoms with Crippen molar-refractivity contribution in [2.75, 3.05) is 6.67 Å². The smallest absolute Gasteiger partial charge is 0.140 e. The summed E-state index contributed by atoms with van der Waals surface area (Å²) in [7, 11) is 0. The van der Waals surface area contributed by atoms with E-state index in [0.29, 0.717) is 0 Å². The number of alkyl halides is 1. The average molecular weight is 218 g/mol. The van der Waals surface area contributed by atoms with Crippen LogP contribution in [0.25, 0.3) is 0 Å². The van der Waals surface area contributed by atoms with Gasteiger partial charge in [0.2, 0.25) is 0 Å². The van der Waals surface area contributed by atoms with Gasteiger partial charge in [-0.2, -0.15) is 0 Å². The Morgan fingerprint density at radius 1 is 1.20 bits per heavy atom. The lowest BCUT2D eigenvalue weighted by Crippen LogP contribution is -2.33. The Bertz CT molecular complexity index is 211. The second-order valence-electron chi connectivity index (χ2n) is 5.88. The fourth-order valence-electron chi connectivity index (χ4n) is 1.14. The van der Waals surface area contributed by atoms with Gasteiger partial charge in [-0.05, 0) is 20.8 Å². The van der Waals surface area contributed by atoms with Gasteiger partial charge in [0.05, 0.1) is 11.7 Å². The normalized spacial score (nSPS) is 15.1. The minimum atomic E-state index is -0.614. The standard InChI is InChI=1S/C12H23FO2/c1-11(2,3)10(14)7-9(8-13)15-12(4,5)6/h9H,7-8H2,1-6H3. The number of ether oxygens (including phenoxy) is 1. The zero-order valence-corrected chi connectivity index (χ0v) is 10.7. The zero-order chi connectivity index (χ0) is 12.3. The number of halogens is 1. The molecule has 0 aliphatic rings. The van der Waals surface area contributed by atoms with Crippen LogP contribution in [0.5, 0.6) is 0 Å². The Morgan fingerprint density at radius 2 is 1.67 bits per heavy atom. The van der Waals surface area contributed by atoms with E-state index in [4.69, 9.17) is 4.74 Å². The summed E-state index contributed by atoms with van der Waals surface area (Å²) in [6.07, 6.45) is -0.464. The van der Waals surface area contributed by atoms with Gasteiger partial charge in [0.25, 0.3) is 0 Å². The highest BCUT2D eigenvalue weighted by Crippen LogP contribution is 2.21. The van der Waals surface area contributed by atoms with Gasteiger partial charge in [-0.25, -0.2) is 4.39 Å². The molecule has 1 atom stereocenters. The summed E-state index contributed by atoms with van der Waals surface area (Å²) in [5, 5.41) is 0. The van der Waals surface area contributed by atoms with Crippen LogP contribution in [0.3, 0.4) is 0 Å². The van der Waals surface area contributed by atoms with Gasteiger partial charge in [0, 0.05) is 11.8 Å². The first-order chi connectivity index (χ1) is 6.56. The molecule has 3 heteroatoms. The Balaban J connectivity index is 4.29. The molecule has 0 heterocycles. The first-order valence-corrected chi connectivity index (χ1v) is 5.33. The van der Waals surface area contributed by atoms with Gasteiger partial charge in [0.15, 0.2) is 0 Å². The molecule has 0 rings (SSSR count). The molecule has 0 aromatic rings. The number of hydrogen-bond acceptors (Lipinski definition) is 2. The van der Waals surface area contributed by atoms with Gasteiger partial charge in [-0.3, -0.25) is 4.79 Å². The third-order valence-electron chi connectivity index (χ3n) is 1.94. The Labute approximate surface area is 92.2 Å². The van der Waals surface area contributed by atoms with Crippen molar-refractivity contribution in [1.82, 2.24) is 0 Å². The van der Waals surface area contributed by atoms with Crippen molar-refractivity contribution >= 4 is 5.78 Å². The zero-order valence-electron chi connectivity index (χ0n) is 10.7. The molecular weight excluding hydrogens is 195 g/mol. The summed E-state index contributed by atoms with van der Waals surface area (Å²) in [5.74, 6) is 0.0365. The topological polar surface area (TPSA) is 26.3 Å². The van der Waals surface area contributed by atoms with Crippen molar-refractivity contribution in [3.63, 3.8) is 0 Å². The largest absolute Gasteiger partial charge is 0.369 e. The highest BCUT2D eigenvalue weighted by molar-refractivity contribution is 5.84. The van der Waals surface area contributed by atoms with Crippen LogP contribution in [-0.4, -0.2) is 24.2 Å². The van der Waals surface area contributed by atoms with E-state index in [1.807, 2.05) is 41.5 Å². The monoisotopic (exact) mass is 218 g/mol. The van der Waals surface area contributed by atoms with E-state index >= 15 is 0 Å². The first-order valence-electron chi connectivity index (χ1n) is 5.33. The number of Topliss-reactive ketones (excluding diaryl/α,β-unsaturated/α-hetero) is 1. The molecule has 0 saturated heterocycles. The highest BCUT2D eigenvalue weighted by Gasteiger charge is 2.27. The maximum Gasteiger partial charge on any atom is 0.140 e. The predicted octanol–water partition coefficient (Wildman–Crippen LogP) is 3.14. The Kier molecular flexibility index (Phi) is 4.91. The van der Waals surface area contributed by atoms with E-state index in [-0.39, 0.29) is 12.2 Å². The fraction of sp³-hybridized carbons (Fsp3) is 0.917. The molecule has 0 N–H and O–H groups in total. The lowest BCUT2D eigenvalue weighted by atomic mass is 9.87. The maximum atomic E-state index is 12.7. The summed E-state index contributed by atoms with van der Waals surface area (Å²) < 4.78 is 18.1. The van der Waals surface area contributed by atoms with Crippen molar-refractivity contribution in [1.29, 1.82) is 0 Å². The molecule has 0 aromatic heterocycles. The summed E-state index contributed by atoms with van der Waals surface area (Å²) in [4.78, 5) is 11.7. The maximum absolute atomic E-state index is 12.7. The summed E-state index contributed by atoms with van der Waals surface area (Å²) in [6.45, 7) is 10.5. The first kappa shape index (κ1) is 14.6. The number of hydrogen-bond donors (Lipinski definition) is 0. The Hall–Kier alpha value is -0.440. The average Bonchev–Trinajstić information content (AvgIpc) is 1.98. The van der Waals surface area contributed by atoms with Crippen molar-refractivity contribution in [3.05, 3.63) is 0 Å². The van der Waals surface area contributed by atoms with E-state index in [9.17, 15) is 9.18 Å². The highest BCUT2D eigenvalue weighted by atomic mass is 19.1. The molecule has 0 fully saturated rings. The molecule has 15 heavy (non-hydrogen) atoms. The molecule has 2 nitrogen and oxygen atoms in total. The minimum Gasteiger partial charge on any atom is -0.369 e. The van der Waals surface area contributed by atoms with E-state index in [2.05, 4.69) is 0 Å². The van der Waals surface area contributed by atoms with Crippen LogP contribution >= 0.6 is 0 Å². The van der Waals surface area contributed by atoms with Crippen LogP contribution in [0.2, 0.25) is 0 Å². The second kappa shape index (κ2) is 5.06. The molecule has 90 valence electrons. The second-order valence-corrected chi connectivity index (χ2v) is 5.88. The number of rotatable bonds is 4. The molecule has 0 amide bonds. The summed E-state index contributed by atoms with van der Waals surface area (Å²) in [5.41, 5.74) is -0.830. The van der Waals surface area contributed by atoms with Gasteiger partial charge in [-0.15, -0.1) is 0 Å². The minimum absolute atomic E-state index is 0.0365. The molecule has 1 unspecified atom stereocenters. The van der Waals surface area contributed by atoms with Gasteiger partial charge < -0.3 is 4.74 Å². The van der Waals surface area contributed by atoms with Gasteiger partial charge in [-0.1, -0.05) is 20.8 Å². The fourth-order valence-corrected chi connectivity index (χ4v) is 1.14. The third kappa shape index (κ3) is 6.61. The van der Waals surface area contributed by atoms with Crippen molar-refractivity contribution in [2.24, 2.45) is 5.41 Å². The van der Waals surface area contributed by atoms with E-state index in [0.717, 1.165) is 0 Å². The van der Waals surface area contributed by atoms with Crippen molar-refractivity contribution < 1.29 is 13.9 Å². The number of carbonyl (C=O) groups excluding carboxylic acids is 1. The van der Waals surface area contributed by atoms with Gasteiger partial charge >= 0.3 is 0 Å². The Morgan fingerprint density at radius 3 is 1.93 bits per heavy atom. The van der Waals surface area contributed by atoms with Crippen LogP contribution in [0, 0.1) is 5.41 Å². The van der Waals surface area contributed by atoms with Crippen LogP contribution in [0.4, 0.5) is 4.39 Å². The number of ketones is 1. The number of carbonyl (C=O) groups is 1. The van der Waals surface area contributed by atoms with Crippen LogP contribution < -0.4 is 0 Å². The molecule has 0 bridgehead atoms. The summed E-state index contributed by atoms with van der Waals surface area (Å²) in [6, 6.07) is 0. The lowest BCUT2D eigenvalue weighted by Gasteiger charge is -2.27. The molecule has 0 aromatic carbocycles.